The number of benzene rings is 1. The maximum atomic E-state index is 12.9. The summed E-state index contributed by atoms with van der Waals surface area (Å²) in [6, 6.07) is 4.97. The molecule has 2 aliphatic rings. The van der Waals surface area contributed by atoms with Crippen LogP contribution in [0.2, 0.25) is 0 Å². The van der Waals surface area contributed by atoms with Crippen LogP contribution < -0.4 is 11.1 Å². The molecule has 0 radical (unpaired) electrons. The van der Waals surface area contributed by atoms with E-state index < -0.39 is 39.3 Å². The van der Waals surface area contributed by atoms with Crippen LogP contribution in [0, 0.1) is 6.92 Å². The second-order valence-corrected chi connectivity index (χ2v) is 11.5. The number of nitrogen functional groups attached to an aromatic ring is 1. The van der Waals surface area contributed by atoms with E-state index in [1.54, 1.807) is 19.1 Å². The van der Waals surface area contributed by atoms with Crippen molar-refractivity contribution in [1.29, 1.82) is 0 Å². The number of aromatic nitrogens is 1. The second-order valence-electron chi connectivity index (χ2n) is 7.90. The molecule has 0 aliphatic carbocycles. The summed E-state index contributed by atoms with van der Waals surface area (Å²) in [4.78, 5) is 47.4. The van der Waals surface area contributed by atoms with Crippen molar-refractivity contribution in [3.8, 4) is 0 Å². The van der Waals surface area contributed by atoms with Crippen LogP contribution in [-0.2, 0) is 33.5 Å². The van der Waals surface area contributed by atoms with Gasteiger partial charge in [-0.2, -0.15) is 8.42 Å². The van der Waals surface area contributed by atoms with Gasteiger partial charge in [0.2, 0.25) is 0 Å². The lowest BCUT2D eigenvalue weighted by Gasteiger charge is -2.49. The van der Waals surface area contributed by atoms with E-state index in [2.05, 4.69) is 15.5 Å². The quantitative estimate of drug-likeness (QED) is 0.126. The van der Waals surface area contributed by atoms with Crippen LogP contribution in [0.25, 0.3) is 0 Å². The van der Waals surface area contributed by atoms with Crippen LogP contribution in [-0.4, -0.2) is 71.2 Å². The zero-order chi connectivity index (χ0) is 27.6. The topological polar surface area (TPSA) is 191 Å². The van der Waals surface area contributed by atoms with Crippen molar-refractivity contribution in [1.82, 2.24) is 15.2 Å². The van der Waals surface area contributed by atoms with Gasteiger partial charge in [-0.05, 0) is 30.7 Å². The van der Waals surface area contributed by atoms with Gasteiger partial charge < -0.3 is 25.2 Å². The number of nitrogens with one attached hydrogen (secondary N) is 1. The average Bonchev–Trinajstić information content (AvgIpc) is 3.30. The molecule has 0 saturated carbocycles. The number of amides is 2. The summed E-state index contributed by atoms with van der Waals surface area (Å²) in [5.74, 6) is -2.71. The number of aryl methyl sites for hydroxylation is 1. The lowest BCUT2D eigenvalue weighted by molar-refractivity contribution is -0.150. The summed E-state index contributed by atoms with van der Waals surface area (Å²) in [5, 5.41) is 17.0. The molecule has 0 bridgehead atoms. The molecule has 3 heterocycles. The monoisotopic (exact) mass is 579 g/mol. The van der Waals surface area contributed by atoms with Gasteiger partial charge in [0, 0.05) is 11.1 Å². The van der Waals surface area contributed by atoms with E-state index in [4.69, 9.17) is 14.8 Å². The molecule has 1 aromatic carbocycles. The van der Waals surface area contributed by atoms with Gasteiger partial charge in [0.25, 0.3) is 11.8 Å². The number of carboxylic acids is 1. The minimum absolute atomic E-state index is 0.0634. The van der Waals surface area contributed by atoms with Crippen LogP contribution in [0.4, 0.5) is 5.13 Å². The van der Waals surface area contributed by atoms with Crippen molar-refractivity contribution in [2.75, 3.05) is 18.6 Å². The number of nitrogens with two attached hydrogens (primary N) is 1. The molecule has 2 aliphatic heterocycles. The largest absolute Gasteiger partial charge is 0.477 e. The molecular weight excluding hydrogens is 558 g/mol. The summed E-state index contributed by atoms with van der Waals surface area (Å²) in [6.07, 6.45) is 2.05. The highest BCUT2D eigenvalue weighted by atomic mass is 32.2. The fraction of sp³-hybridized carbons (Fsp3) is 0.227. The number of thiazole rings is 1. The molecule has 1 saturated heterocycles. The number of rotatable bonds is 9. The van der Waals surface area contributed by atoms with Gasteiger partial charge in [-0.1, -0.05) is 22.9 Å². The number of nitrogens with zero attached hydrogens (tertiary/aromatic N) is 3. The third-order valence-corrected chi connectivity index (χ3v) is 8.60. The first-order chi connectivity index (χ1) is 18.0. The van der Waals surface area contributed by atoms with E-state index in [1.807, 2.05) is 0 Å². The lowest BCUT2D eigenvalue weighted by Crippen LogP contribution is -2.71. The molecule has 16 heteroatoms. The Morgan fingerprint density at radius 3 is 2.63 bits per heavy atom. The van der Waals surface area contributed by atoms with Crippen molar-refractivity contribution in [2.24, 2.45) is 5.16 Å². The summed E-state index contributed by atoms with van der Waals surface area (Å²) in [6.45, 7) is 1.81. The van der Waals surface area contributed by atoms with Crippen LogP contribution in [0.3, 0.4) is 0 Å². The number of fused-ring (bicyclic) bond motifs is 1. The fourth-order valence-electron chi connectivity index (χ4n) is 3.62. The number of carboxylic acid groups (broad SMARTS) is 1. The maximum Gasteiger partial charge on any atom is 0.352 e. The van der Waals surface area contributed by atoms with Gasteiger partial charge in [0.15, 0.2) is 10.8 Å². The lowest BCUT2D eigenvalue weighted by atomic mass is 10.0. The summed E-state index contributed by atoms with van der Waals surface area (Å²) < 4.78 is 29.7. The zero-order valence-corrected chi connectivity index (χ0v) is 22.3. The third kappa shape index (κ3) is 5.36. The van der Waals surface area contributed by atoms with E-state index in [9.17, 15) is 27.9 Å². The molecule has 4 rings (SSSR count). The zero-order valence-electron chi connectivity index (χ0n) is 19.9. The van der Waals surface area contributed by atoms with Gasteiger partial charge in [-0.15, -0.1) is 23.1 Å². The molecule has 4 N–H and O–H groups in total. The minimum atomic E-state index is -4.12. The number of hydrogen-bond donors (Lipinski definition) is 3. The molecule has 0 spiro atoms. The number of aliphatic carboxylic acids is 1. The molecule has 2 unspecified atom stereocenters. The average molecular weight is 580 g/mol. The predicted octanol–water partition coefficient (Wildman–Crippen LogP) is 1.04. The first-order valence-electron chi connectivity index (χ1n) is 10.7. The highest BCUT2D eigenvalue weighted by Crippen LogP contribution is 2.40. The maximum absolute atomic E-state index is 12.9. The Hall–Kier alpha value is -3.89. The SMILES string of the molecule is CO/N=C(\C(=O)NC1C(=O)N2C(C(=O)O)=C(/C=C/OS(=O)(=O)c3ccc(C)cc3)CSC12)c1csc(N)n1. The molecular formula is C22H21N5O8S3. The molecule has 2 aromatic rings. The van der Waals surface area contributed by atoms with Crippen LogP contribution >= 0.6 is 23.1 Å². The van der Waals surface area contributed by atoms with E-state index in [-0.39, 0.29) is 38.5 Å². The van der Waals surface area contributed by atoms with Crippen molar-refractivity contribution in [3.63, 3.8) is 0 Å². The molecule has 13 nitrogen and oxygen atoms in total. The van der Waals surface area contributed by atoms with Crippen LogP contribution in [0.1, 0.15) is 11.3 Å². The Morgan fingerprint density at radius 2 is 2.03 bits per heavy atom. The molecule has 38 heavy (non-hydrogen) atoms. The molecule has 200 valence electrons. The normalized spacial score (nSPS) is 19.7. The van der Waals surface area contributed by atoms with Crippen LogP contribution in [0.5, 0.6) is 0 Å². The molecule has 2 amide bonds. The highest BCUT2D eigenvalue weighted by molar-refractivity contribution is 8.00. The first-order valence-corrected chi connectivity index (χ1v) is 14.1. The number of anilines is 1. The number of oxime groups is 1. The summed E-state index contributed by atoms with van der Waals surface area (Å²) in [7, 11) is -2.88. The van der Waals surface area contributed by atoms with E-state index >= 15 is 0 Å². The van der Waals surface area contributed by atoms with Crippen molar-refractivity contribution >= 4 is 61.8 Å². The smallest absolute Gasteiger partial charge is 0.352 e. The number of thioether (sulfide) groups is 1. The number of allylic oxidation sites excluding steroid dienone is 1. The number of β-lactam (4-membered cyclic amide) rings is 1. The Balaban J connectivity index is 1.49. The Bertz CT molecular complexity index is 1480. The second kappa shape index (κ2) is 10.8. The Labute approximate surface area is 225 Å². The van der Waals surface area contributed by atoms with Gasteiger partial charge in [0.1, 0.15) is 41.1 Å². The Morgan fingerprint density at radius 1 is 1.32 bits per heavy atom. The minimum Gasteiger partial charge on any atom is -0.477 e. The van der Waals surface area contributed by atoms with Crippen molar-refractivity contribution < 1.29 is 36.9 Å². The summed E-state index contributed by atoms with van der Waals surface area (Å²) >= 11 is 2.27. The van der Waals surface area contributed by atoms with Crippen molar-refractivity contribution in [2.45, 2.75) is 23.2 Å². The van der Waals surface area contributed by atoms with Crippen LogP contribution in [0.15, 0.2) is 63.3 Å². The number of hydrogen-bond acceptors (Lipinski definition) is 12. The first kappa shape index (κ1) is 27.2. The third-order valence-electron chi connectivity index (χ3n) is 5.41. The number of carbonyl (C=O) groups excluding carboxylic acids is 2. The number of carbonyl (C=O) groups is 3. The molecule has 1 aromatic heterocycles. The Kier molecular flexibility index (Phi) is 7.75. The van der Waals surface area contributed by atoms with Gasteiger partial charge in [-0.25, -0.2) is 9.78 Å². The van der Waals surface area contributed by atoms with E-state index in [1.165, 1.54) is 42.5 Å². The van der Waals surface area contributed by atoms with E-state index in [0.717, 1.165) is 28.1 Å². The van der Waals surface area contributed by atoms with Gasteiger partial charge >= 0.3 is 16.1 Å². The predicted molar refractivity (Wildman–Crippen MR) is 138 cm³/mol. The fourth-order valence-corrected chi connectivity index (χ4v) is 6.27. The van der Waals surface area contributed by atoms with Crippen molar-refractivity contribution in [3.05, 3.63) is 64.5 Å². The van der Waals surface area contributed by atoms with Gasteiger partial charge in [0.05, 0.1) is 0 Å². The standard InChI is InChI=1S/C22H21N5O8S3/c1-11-3-5-13(6-4-11)38(32,33)35-8-7-12-9-36-20-16(19(29)27(20)17(12)21(30)31)25-18(28)15(26-34-2)14-10-37-22(23)24-14/h3-8,10,16,20H,9H2,1-2H3,(H2,23,24)(H,25,28)(H,30,31)/b8-7+,26-15-. The van der Waals surface area contributed by atoms with Gasteiger partial charge in [-0.3, -0.25) is 14.5 Å². The molecule has 1 fully saturated rings. The highest BCUT2D eigenvalue weighted by Gasteiger charge is 2.54. The molecule has 2 atom stereocenters. The van der Waals surface area contributed by atoms with E-state index in [0.29, 0.717) is 0 Å². The summed E-state index contributed by atoms with van der Waals surface area (Å²) in [5.41, 5.74) is 6.27.